The molecular formula is C25H26FN3O. The Bertz CT molecular complexity index is 1010. The van der Waals surface area contributed by atoms with Crippen molar-refractivity contribution < 1.29 is 9.13 Å². The Morgan fingerprint density at radius 1 is 0.967 bits per heavy atom. The SMILES string of the molecule is CCOc1ccc2c(c1)C1NNC(c3ccccc3)C1CN2Cc1ccc(F)cc1. The van der Waals surface area contributed by atoms with Gasteiger partial charge in [0, 0.05) is 24.7 Å². The van der Waals surface area contributed by atoms with Crippen molar-refractivity contribution in [1.82, 2.24) is 10.9 Å². The van der Waals surface area contributed by atoms with Gasteiger partial charge in [0.1, 0.15) is 11.6 Å². The number of anilines is 1. The molecule has 5 heteroatoms. The van der Waals surface area contributed by atoms with Crippen LogP contribution in [-0.2, 0) is 6.54 Å². The summed E-state index contributed by atoms with van der Waals surface area (Å²) in [7, 11) is 0. The Labute approximate surface area is 176 Å². The summed E-state index contributed by atoms with van der Waals surface area (Å²) in [5.74, 6) is 1.05. The van der Waals surface area contributed by atoms with E-state index in [1.54, 1.807) is 0 Å². The van der Waals surface area contributed by atoms with Crippen LogP contribution in [0.5, 0.6) is 5.75 Å². The zero-order chi connectivity index (χ0) is 20.5. The molecule has 1 fully saturated rings. The van der Waals surface area contributed by atoms with Crippen molar-refractivity contribution in [3.05, 3.63) is 95.3 Å². The molecule has 2 aliphatic rings. The molecule has 0 amide bonds. The van der Waals surface area contributed by atoms with Gasteiger partial charge in [0.05, 0.1) is 18.7 Å². The van der Waals surface area contributed by atoms with Crippen molar-refractivity contribution >= 4 is 5.69 Å². The summed E-state index contributed by atoms with van der Waals surface area (Å²) in [5, 5.41) is 0. The highest BCUT2D eigenvalue weighted by atomic mass is 19.1. The Balaban J connectivity index is 1.52. The maximum absolute atomic E-state index is 13.4. The van der Waals surface area contributed by atoms with Gasteiger partial charge in [-0.3, -0.25) is 0 Å². The van der Waals surface area contributed by atoms with Gasteiger partial charge in [-0.1, -0.05) is 42.5 Å². The fourth-order valence-corrected chi connectivity index (χ4v) is 4.74. The van der Waals surface area contributed by atoms with Crippen LogP contribution < -0.4 is 20.5 Å². The smallest absolute Gasteiger partial charge is 0.123 e. The fraction of sp³-hybridized carbons (Fsp3) is 0.280. The first-order valence-corrected chi connectivity index (χ1v) is 10.5. The normalized spacial score (nSPS) is 22.5. The molecular weight excluding hydrogens is 377 g/mol. The van der Waals surface area contributed by atoms with E-state index < -0.39 is 0 Å². The van der Waals surface area contributed by atoms with E-state index in [2.05, 4.69) is 58.2 Å². The van der Waals surface area contributed by atoms with E-state index >= 15 is 0 Å². The van der Waals surface area contributed by atoms with Gasteiger partial charge in [0.2, 0.25) is 0 Å². The van der Waals surface area contributed by atoms with E-state index in [1.807, 2.05) is 25.1 Å². The summed E-state index contributed by atoms with van der Waals surface area (Å²) < 4.78 is 19.2. The Hall–Kier alpha value is -2.89. The predicted molar refractivity (Wildman–Crippen MR) is 117 cm³/mol. The second-order valence-electron chi connectivity index (χ2n) is 7.98. The maximum Gasteiger partial charge on any atom is 0.123 e. The zero-order valence-corrected chi connectivity index (χ0v) is 17.0. The number of benzene rings is 3. The first-order valence-electron chi connectivity index (χ1n) is 10.5. The summed E-state index contributed by atoms with van der Waals surface area (Å²) in [6, 6.07) is 24.2. The second-order valence-corrected chi connectivity index (χ2v) is 7.98. The van der Waals surface area contributed by atoms with Crippen LogP contribution in [0.25, 0.3) is 0 Å². The lowest BCUT2D eigenvalue weighted by atomic mass is 9.82. The largest absolute Gasteiger partial charge is 0.494 e. The number of hydrogen-bond acceptors (Lipinski definition) is 4. The molecule has 0 radical (unpaired) electrons. The number of nitrogens with zero attached hydrogens (tertiary/aromatic N) is 1. The maximum atomic E-state index is 13.4. The lowest BCUT2D eigenvalue weighted by Gasteiger charge is -2.39. The molecule has 1 saturated heterocycles. The van der Waals surface area contributed by atoms with Crippen molar-refractivity contribution in [2.45, 2.75) is 25.6 Å². The molecule has 2 N–H and O–H groups in total. The van der Waals surface area contributed by atoms with Crippen molar-refractivity contribution in [3.63, 3.8) is 0 Å². The van der Waals surface area contributed by atoms with Crippen LogP contribution in [0.4, 0.5) is 10.1 Å². The van der Waals surface area contributed by atoms with E-state index in [9.17, 15) is 4.39 Å². The number of rotatable bonds is 5. The minimum Gasteiger partial charge on any atom is -0.494 e. The molecule has 3 atom stereocenters. The first-order chi connectivity index (χ1) is 14.7. The first kappa shape index (κ1) is 19.1. The molecule has 154 valence electrons. The van der Waals surface area contributed by atoms with Crippen LogP contribution in [0.15, 0.2) is 72.8 Å². The summed E-state index contributed by atoms with van der Waals surface area (Å²) in [6.45, 7) is 4.29. The fourth-order valence-electron chi connectivity index (χ4n) is 4.74. The van der Waals surface area contributed by atoms with Crippen molar-refractivity contribution in [1.29, 1.82) is 0 Å². The van der Waals surface area contributed by atoms with Crippen molar-refractivity contribution in [3.8, 4) is 5.75 Å². The van der Waals surface area contributed by atoms with Gasteiger partial charge >= 0.3 is 0 Å². The molecule has 0 saturated carbocycles. The van der Waals surface area contributed by atoms with Crippen LogP contribution in [-0.4, -0.2) is 13.2 Å². The van der Waals surface area contributed by atoms with Gasteiger partial charge in [-0.2, -0.15) is 0 Å². The van der Waals surface area contributed by atoms with Crippen LogP contribution >= 0.6 is 0 Å². The van der Waals surface area contributed by atoms with Crippen molar-refractivity contribution in [2.24, 2.45) is 5.92 Å². The summed E-state index contributed by atoms with van der Waals surface area (Å²) in [5.41, 5.74) is 11.9. The van der Waals surface area contributed by atoms with Crippen LogP contribution in [0.2, 0.25) is 0 Å². The Kier molecular flexibility index (Phi) is 5.15. The lowest BCUT2D eigenvalue weighted by Crippen LogP contribution is -2.39. The molecule has 0 aliphatic carbocycles. The molecule has 0 bridgehead atoms. The monoisotopic (exact) mass is 403 g/mol. The molecule has 5 rings (SSSR count). The van der Waals surface area contributed by atoms with Crippen LogP contribution in [0.3, 0.4) is 0 Å². The number of ether oxygens (including phenoxy) is 1. The minimum absolute atomic E-state index is 0.201. The third-order valence-electron chi connectivity index (χ3n) is 6.11. The number of fused-ring (bicyclic) bond motifs is 3. The highest BCUT2D eigenvalue weighted by molar-refractivity contribution is 5.61. The molecule has 2 heterocycles. The molecule has 3 aromatic rings. The number of hydrazine groups is 1. The van der Waals surface area contributed by atoms with Crippen LogP contribution in [0.1, 0.15) is 35.7 Å². The number of halogens is 1. The molecule has 2 aliphatic heterocycles. The van der Waals surface area contributed by atoms with E-state index in [-0.39, 0.29) is 17.9 Å². The van der Waals surface area contributed by atoms with Crippen LogP contribution in [0, 0.1) is 11.7 Å². The Morgan fingerprint density at radius 3 is 2.50 bits per heavy atom. The quantitative estimate of drug-likeness (QED) is 0.645. The molecule has 3 unspecified atom stereocenters. The minimum atomic E-state index is -0.201. The van der Waals surface area contributed by atoms with Crippen molar-refractivity contribution in [2.75, 3.05) is 18.1 Å². The summed E-state index contributed by atoms with van der Waals surface area (Å²) in [6.07, 6.45) is 0. The average molecular weight is 404 g/mol. The third kappa shape index (κ3) is 3.55. The Morgan fingerprint density at radius 2 is 1.73 bits per heavy atom. The van der Waals surface area contributed by atoms with Gasteiger partial charge < -0.3 is 9.64 Å². The molecule has 30 heavy (non-hydrogen) atoms. The van der Waals surface area contributed by atoms with E-state index in [0.29, 0.717) is 12.5 Å². The van der Waals surface area contributed by atoms with E-state index in [4.69, 9.17) is 4.74 Å². The average Bonchev–Trinajstić information content (AvgIpc) is 3.20. The summed E-state index contributed by atoms with van der Waals surface area (Å²) >= 11 is 0. The van der Waals surface area contributed by atoms with E-state index in [0.717, 1.165) is 24.4 Å². The second kappa shape index (κ2) is 8.09. The standard InChI is InChI=1S/C25H26FN3O/c1-2-30-20-12-13-23-21(14-20)25-22(24(27-28-25)18-6-4-3-5-7-18)16-29(23)15-17-8-10-19(26)11-9-17/h3-14,22,24-25,27-28H,2,15-16H2,1H3. The molecule has 0 spiro atoms. The highest BCUT2D eigenvalue weighted by Gasteiger charge is 2.43. The highest BCUT2D eigenvalue weighted by Crippen LogP contribution is 2.46. The number of hydrogen-bond donors (Lipinski definition) is 2. The van der Waals surface area contributed by atoms with E-state index in [1.165, 1.54) is 28.9 Å². The number of nitrogens with one attached hydrogen (secondary N) is 2. The van der Waals surface area contributed by atoms with Gasteiger partial charge in [-0.25, -0.2) is 15.2 Å². The molecule has 4 nitrogen and oxygen atoms in total. The predicted octanol–water partition coefficient (Wildman–Crippen LogP) is 4.75. The van der Waals surface area contributed by atoms with Gasteiger partial charge in [-0.15, -0.1) is 0 Å². The zero-order valence-electron chi connectivity index (χ0n) is 17.0. The van der Waals surface area contributed by atoms with Gasteiger partial charge in [0.25, 0.3) is 0 Å². The van der Waals surface area contributed by atoms with Gasteiger partial charge in [-0.05, 0) is 53.9 Å². The third-order valence-corrected chi connectivity index (χ3v) is 6.11. The van der Waals surface area contributed by atoms with Gasteiger partial charge in [0.15, 0.2) is 0 Å². The topological polar surface area (TPSA) is 36.5 Å². The lowest BCUT2D eigenvalue weighted by molar-refractivity contribution is 0.337. The molecule has 3 aromatic carbocycles. The molecule has 0 aromatic heterocycles. The summed E-state index contributed by atoms with van der Waals surface area (Å²) in [4.78, 5) is 2.41.